The number of benzene rings is 1. The van der Waals surface area contributed by atoms with Crippen molar-refractivity contribution in [2.75, 3.05) is 45.9 Å². The fraction of sp³-hybridized carbons (Fsp3) is 0.588. The molecule has 1 atom stereocenters. The number of aliphatic hydroxyl groups is 1. The van der Waals surface area contributed by atoms with Crippen molar-refractivity contribution < 1.29 is 19.0 Å². The summed E-state index contributed by atoms with van der Waals surface area (Å²) in [6.07, 6.45) is 0.730. The van der Waals surface area contributed by atoms with E-state index in [0.717, 1.165) is 13.1 Å². The third-order valence-corrected chi connectivity index (χ3v) is 4.94. The zero-order valence-electron chi connectivity index (χ0n) is 13.5. The van der Waals surface area contributed by atoms with Crippen molar-refractivity contribution in [1.82, 2.24) is 9.80 Å². The lowest BCUT2D eigenvalue weighted by Crippen LogP contribution is -2.49. The Morgan fingerprint density at radius 2 is 2.08 bits per heavy atom. The minimum absolute atomic E-state index is 0.0190. The summed E-state index contributed by atoms with van der Waals surface area (Å²) in [6.45, 7) is 4.41. The molecule has 2 fully saturated rings. The molecule has 3 rings (SSSR count). The van der Waals surface area contributed by atoms with E-state index in [0.29, 0.717) is 44.8 Å². The molecule has 0 aromatic heterocycles. The molecule has 2 aliphatic heterocycles. The van der Waals surface area contributed by atoms with E-state index >= 15 is 0 Å². The Kier molecular flexibility index (Phi) is 5.39. The molecule has 0 spiro atoms. The van der Waals surface area contributed by atoms with Crippen LogP contribution < -0.4 is 0 Å². The zero-order chi connectivity index (χ0) is 17.2. The average Bonchev–Trinajstić information content (AvgIpc) is 2.94. The summed E-state index contributed by atoms with van der Waals surface area (Å²) < 4.78 is 18.5. The van der Waals surface area contributed by atoms with Crippen molar-refractivity contribution in [2.45, 2.75) is 18.4 Å². The molecule has 1 aromatic rings. The number of halogens is 2. The van der Waals surface area contributed by atoms with E-state index in [1.54, 1.807) is 11.0 Å². The topological polar surface area (TPSA) is 53.0 Å². The first-order valence-corrected chi connectivity index (χ1v) is 8.57. The van der Waals surface area contributed by atoms with Crippen LogP contribution in [0.15, 0.2) is 18.2 Å². The van der Waals surface area contributed by atoms with Crippen LogP contribution in [0.1, 0.15) is 12.0 Å². The van der Waals surface area contributed by atoms with Crippen LogP contribution in [0.5, 0.6) is 0 Å². The Morgan fingerprint density at radius 3 is 2.79 bits per heavy atom. The number of β-amino-alcohol motifs (C(OH)–C–C–N with tert-alkyl or cyclic N) is 1. The van der Waals surface area contributed by atoms with Gasteiger partial charge in [0.15, 0.2) is 0 Å². The smallest absolute Gasteiger partial charge is 0.227 e. The Bertz CT molecular complexity index is 609. The van der Waals surface area contributed by atoms with Crippen molar-refractivity contribution in [3.8, 4) is 0 Å². The molecule has 7 heteroatoms. The first-order valence-electron chi connectivity index (χ1n) is 8.19. The van der Waals surface area contributed by atoms with E-state index in [4.69, 9.17) is 16.3 Å². The van der Waals surface area contributed by atoms with Crippen LogP contribution in [0.2, 0.25) is 5.02 Å². The summed E-state index contributed by atoms with van der Waals surface area (Å²) in [5, 5.41) is 10.8. The maximum Gasteiger partial charge on any atom is 0.227 e. The highest BCUT2D eigenvalue weighted by atomic mass is 35.5. The maximum atomic E-state index is 13.2. The lowest BCUT2D eigenvalue weighted by Gasteiger charge is -2.33. The molecule has 0 bridgehead atoms. The minimum Gasteiger partial charge on any atom is -0.387 e. The monoisotopic (exact) mass is 356 g/mol. The zero-order valence-corrected chi connectivity index (χ0v) is 14.3. The molecule has 24 heavy (non-hydrogen) atoms. The Balaban J connectivity index is 1.55. The molecule has 0 radical (unpaired) electrons. The number of hydrogen-bond donors (Lipinski definition) is 1. The summed E-state index contributed by atoms with van der Waals surface area (Å²) in [5.74, 6) is -0.565. The number of hydrogen-bond acceptors (Lipinski definition) is 4. The number of carbonyl (C=O) groups is 1. The van der Waals surface area contributed by atoms with Gasteiger partial charge in [0.25, 0.3) is 0 Å². The van der Waals surface area contributed by atoms with Gasteiger partial charge in [-0.15, -0.1) is 0 Å². The van der Waals surface area contributed by atoms with Crippen molar-refractivity contribution in [2.24, 2.45) is 0 Å². The SMILES string of the molecule is O=C(Cc1ccc(F)c(Cl)c1)N1CC[C@@](O)(CN2CCOCC2)C1. The molecular weight excluding hydrogens is 335 g/mol. The van der Waals surface area contributed by atoms with Gasteiger partial charge in [0, 0.05) is 26.2 Å². The van der Waals surface area contributed by atoms with Crippen LogP contribution in [0.3, 0.4) is 0 Å². The largest absolute Gasteiger partial charge is 0.387 e. The number of likely N-dealkylation sites (tertiary alicyclic amines) is 1. The number of rotatable bonds is 4. The van der Waals surface area contributed by atoms with Gasteiger partial charge in [-0.25, -0.2) is 4.39 Å². The highest BCUT2D eigenvalue weighted by molar-refractivity contribution is 6.30. The van der Waals surface area contributed by atoms with Gasteiger partial charge >= 0.3 is 0 Å². The standard InChI is InChI=1S/C17H22ClFN2O3/c18-14-9-13(1-2-15(14)19)10-16(22)21-4-3-17(23,12-21)11-20-5-7-24-8-6-20/h1-2,9,23H,3-8,10-12H2/t17-/m1/s1. The first-order chi connectivity index (χ1) is 11.5. The van der Waals surface area contributed by atoms with E-state index in [1.807, 2.05) is 0 Å². The number of carbonyl (C=O) groups excluding carboxylic acids is 1. The number of nitrogens with zero attached hydrogens (tertiary/aromatic N) is 2. The Hall–Kier alpha value is -1.21. The second-order valence-electron chi connectivity index (χ2n) is 6.60. The van der Waals surface area contributed by atoms with E-state index in [9.17, 15) is 14.3 Å². The van der Waals surface area contributed by atoms with Gasteiger partial charge in [-0.1, -0.05) is 17.7 Å². The molecule has 2 saturated heterocycles. The molecule has 0 unspecified atom stereocenters. The predicted octanol–water partition coefficient (Wildman–Crippen LogP) is 1.32. The second-order valence-corrected chi connectivity index (χ2v) is 7.01. The van der Waals surface area contributed by atoms with Crippen LogP contribution in [-0.2, 0) is 16.0 Å². The number of ether oxygens (including phenoxy) is 1. The van der Waals surface area contributed by atoms with Crippen LogP contribution >= 0.6 is 11.6 Å². The summed E-state index contributed by atoms with van der Waals surface area (Å²) in [5.41, 5.74) is -0.192. The van der Waals surface area contributed by atoms with E-state index < -0.39 is 11.4 Å². The average molecular weight is 357 g/mol. The molecule has 0 aliphatic carbocycles. The van der Waals surface area contributed by atoms with Crippen molar-refractivity contribution in [3.63, 3.8) is 0 Å². The van der Waals surface area contributed by atoms with Crippen molar-refractivity contribution in [1.29, 1.82) is 0 Å². The lowest BCUT2D eigenvalue weighted by atomic mass is 10.0. The molecule has 1 N–H and O–H groups in total. The third kappa shape index (κ3) is 4.25. The summed E-state index contributed by atoms with van der Waals surface area (Å²) in [4.78, 5) is 16.3. The first kappa shape index (κ1) is 17.6. The molecule has 1 aromatic carbocycles. The summed E-state index contributed by atoms with van der Waals surface area (Å²) in [7, 11) is 0. The van der Waals surface area contributed by atoms with Gasteiger partial charge in [-0.3, -0.25) is 9.69 Å². The van der Waals surface area contributed by atoms with Gasteiger partial charge in [0.2, 0.25) is 5.91 Å². The number of amides is 1. The lowest BCUT2D eigenvalue weighted by molar-refractivity contribution is -0.130. The molecule has 5 nitrogen and oxygen atoms in total. The van der Waals surface area contributed by atoms with Crippen molar-refractivity contribution in [3.05, 3.63) is 34.6 Å². The van der Waals surface area contributed by atoms with Crippen LogP contribution in [0.4, 0.5) is 4.39 Å². The van der Waals surface area contributed by atoms with Gasteiger partial charge in [0.05, 0.1) is 36.8 Å². The second kappa shape index (κ2) is 7.35. The maximum absolute atomic E-state index is 13.2. The van der Waals surface area contributed by atoms with Gasteiger partial charge in [0.1, 0.15) is 5.82 Å². The molecule has 2 heterocycles. The Morgan fingerprint density at radius 1 is 1.33 bits per heavy atom. The third-order valence-electron chi connectivity index (χ3n) is 4.65. The molecule has 0 saturated carbocycles. The van der Waals surface area contributed by atoms with Gasteiger partial charge < -0.3 is 14.7 Å². The molecule has 2 aliphatic rings. The van der Waals surface area contributed by atoms with Crippen LogP contribution in [0, 0.1) is 5.82 Å². The van der Waals surface area contributed by atoms with E-state index in [1.165, 1.54) is 12.1 Å². The molecular formula is C17H22ClFN2O3. The number of morpholine rings is 1. The summed E-state index contributed by atoms with van der Waals surface area (Å²) in [6, 6.07) is 4.31. The normalized spacial score (nSPS) is 25.2. The minimum atomic E-state index is -0.868. The van der Waals surface area contributed by atoms with Crippen LogP contribution in [-0.4, -0.2) is 72.4 Å². The van der Waals surface area contributed by atoms with Crippen LogP contribution in [0.25, 0.3) is 0 Å². The van der Waals surface area contributed by atoms with E-state index in [-0.39, 0.29) is 17.4 Å². The van der Waals surface area contributed by atoms with Gasteiger partial charge in [-0.05, 0) is 24.1 Å². The quantitative estimate of drug-likeness (QED) is 0.884. The van der Waals surface area contributed by atoms with Crippen molar-refractivity contribution >= 4 is 17.5 Å². The Labute approximate surface area is 145 Å². The predicted molar refractivity (Wildman–Crippen MR) is 88.5 cm³/mol. The highest BCUT2D eigenvalue weighted by Gasteiger charge is 2.39. The molecule has 1 amide bonds. The van der Waals surface area contributed by atoms with E-state index in [2.05, 4.69) is 4.90 Å². The van der Waals surface area contributed by atoms with Gasteiger partial charge in [-0.2, -0.15) is 0 Å². The summed E-state index contributed by atoms with van der Waals surface area (Å²) >= 11 is 5.76. The molecule has 132 valence electrons. The highest BCUT2D eigenvalue weighted by Crippen LogP contribution is 2.24. The fourth-order valence-electron chi connectivity index (χ4n) is 3.31. The fourth-order valence-corrected chi connectivity index (χ4v) is 3.51.